The van der Waals surface area contributed by atoms with Crippen LogP contribution in [0.4, 0.5) is 17.1 Å². The number of nitrogens with one attached hydrogen (secondary N) is 2. The van der Waals surface area contributed by atoms with Gasteiger partial charge in [0, 0.05) is 16.3 Å². The van der Waals surface area contributed by atoms with Crippen molar-refractivity contribution in [2.75, 3.05) is 15.5 Å². The molecule has 0 radical (unpaired) electrons. The van der Waals surface area contributed by atoms with E-state index in [0.717, 1.165) is 10.5 Å². The van der Waals surface area contributed by atoms with Crippen molar-refractivity contribution in [2.24, 2.45) is 0 Å². The van der Waals surface area contributed by atoms with E-state index in [4.69, 9.17) is 34.8 Å². The average Bonchev–Trinajstić information content (AvgIpc) is 3.04. The van der Waals surface area contributed by atoms with E-state index in [-0.39, 0.29) is 16.6 Å². The SMILES string of the molecule is CC(C)c1ccc(N2C(=O)C(Cl)=C(Nc3ccc(C(=O)Nc4ccc(Cl)cc4Cl)cc3)C2=O)cc1. The molecule has 1 heterocycles. The Kier molecular flexibility index (Phi) is 7.17. The van der Waals surface area contributed by atoms with Crippen LogP contribution in [0.5, 0.6) is 0 Å². The largest absolute Gasteiger partial charge is 0.350 e. The van der Waals surface area contributed by atoms with Gasteiger partial charge in [0.2, 0.25) is 0 Å². The molecule has 6 nitrogen and oxygen atoms in total. The lowest BCUT2D eigenvalue weighted by atomic mass is 10.0. The fourth-order valence-electron chi connectivity index (χ4n) is 3.49. The summed E-state index contributed by atoms with van der Waals surface area (Å²) in [6.07, 6.45) is 0. The molecule has 3 aromatic rings. The Bertz CT molecular complexity index is 1350. The number of hydrogen-bond donors (Lipinski definition) is 2. The predicted molar refractivity (Wildman–Crippen MR) is 140 cm³/mol. The summed E-state index contributed by atoms with van der Waals surface area (Å²) in [5, 5.41) is 6.19. The molecule has 4 rings (SSSR count). The predicted octanol–water partition coefficient (Wildman–Crippen LogP) is 6.80. The van der Waals surface area contributed by atoms with E-state index in [0.29, 0.717) is 38.6 Å². The maximum absolute atomic E-state index is 13.0. The Labute approximate surface area is 217 Å². The molecule has 0 bridgehead atoms. The van der Waals surface area contributed by atoms with Crippen LogP contribution in [0.25, 0.3) is 0 Å². The number of rotatable bonds is 6. The van der Waals surface area contributed by atoms with Gasteiger partial charge in [0.05, 0.1) is 16.4 Å². The Hall–Kier alpha value is -3.32. The third kappa shape index (κ3) is 5.20. The number of anilines is 3. The maximum atomic E-state index is 13.0. The molecule has 1 aliphatic rings. The van der Waals surface area contributed by atoms with E-state index in [1.165, 1.54) is 6.07 Å². The number of amides is 3. The number of nitrogens with zero attached hydrogens (tertiary/aromatic N) is 1. The van der Waals surface area contributed by atoms with Crippen molar-refractivity contribution in [3.05, 3.63) is 98.6 Å². The molecule has 9 heteroatoms. The lowest BCUT2D eigenvalue weighted by Gasteiger charge is -2.16. The third-order valence-electron chi connectivity index (χ3n) is 5.44. The standard InChI is InChI=1S/C26H20Cl3N3O3/c1-14(2)15-5-10-19(11-6-15)32-25(34)22(29)23(26(32)35)30-18-8-3-16(4-9-18)24(33)31-21-12-7-17(27)13-20(21)28/h3-14,30H,1-2H3,(H,31,33). The number of hydrogen-bond acceptors (Lipinski definition) is 4. The van der Waals surface area contributed by atoms with E-state index in [1.54, 1.807) is 48.5 Å². The van der Waals surface area contributed by atoms with Crippen molar-refractivity contribution in [3.8, 4) is 0 Å². The van der Waals surface area contributed by atoms with Crippen LogP contribution in [-0.2, 0) is 9.59 Å². The lowest BCUT2D eigenvalue weighted by Crippen LogP contribution is -2.32. The van der Waals surface area contributed by atoms with Gasteiger partial charge in [-0.2, -0.15) is 0 Å². The molecule has 3 amide bonds. The van der Waals surface area contributed by atoms with E-state index in [9.17, 15) is 14.4 Å². The molecule has 0 saturated heterocycles. The second kappa shape index (κ2) is 10.1. The van der Waals surface area contributed by atoms with Gasteiger partial charge in [-0.15, -0.1) is 0 Å². The van der Waals surface area contributed by atoms with Gasteiger partial charge in [-0.1, -0.05) is 60.8 Å². The topological polar surface area (TPSA) is 78.5 Å². The Balaban J connectivity index is 1.47. The van der Waals surface area contributed by atoms with Crippen LogP contribution < -0.4 is 15.5 Å². The zero-order valence-corrected chi connectivity index (χ0v) is 21.0. The first-order valence-electron chi connectivity index (χ1n) is 10.7. The molecule has 35 heavy (non-hydrogen) atoms. The van der Waals surface area contributed by atoms with Crippen molar-refractivity contribution in [1.82, 2.24) is 0 Å². The lowest BCUT2D eigenvalue weighted by molar-refractivity contribution is -0.120. The minimum absolute atomic E-state index is 0.0326. The number of imide groups is 1. The molecule has 0 saturated carbocycles. The highest BCUT2D eigenvalue weighted by molar-refractivity contribution is 6.53. The van der Waals surface area contributed by atoms with E-state index < -0.39 is 11.8 Å². The molecule has 0 aliphatic carbocycles. The van der Waals surface area contributed by atoms with Crippen LogP contribution in [0, 0.1) is 0 Å². The van der Waals surface area contributed by atoms with Crippen LogP contribution in [0.1, 0.15) is 35.7 Å². The van der Waals surface area contributed by atoms with E-state index in [1.807, 2.05) is 12.1 Å². The fraction of sp³-hybridized carbons (Fsp3) is 0.115. The molecule has 3 aromatic carbocycles. The minimum atomic E-state index is -0.604. The van der Waals surface area contributed by atoms with Crippen LogP contribution in [0.15, 0.2) is 77.5 Å². The molecule has 0 aromatic heterocycles. The van der Waals surface area contributed by atoms with Crippen molar-refractivity contribution in [2.45, 2.75) is 19.8 Å². The number of carbonyl (C=O) groups is 3. The molecular weight excluding hydrogens is 509 g/mol. The fourth-order valence-corrected chi connectivity index (χ4v) is 4.16. The second-order valence-electron chi connectivity index (χ2n) is 8.16. The summed E-state index contributed by atoms with van der Waals surface area (Å²) in [6, 6.07) is 18.3. The molecule has 0 atom stereocenters. The molecule has 0 spiro atoms. The maximum Gasteiger partial charge on any atom is 0.283 e. The molecule has 0 fully saturated rings. The van der Waals surface area contributed by atoms with Gasteiger partial charge in [-0.05, 0) is 66.1 Å². The first-order valence-corrected chi connectivity index (χ1v) is 11.8. The monoisotopic (exact) mass is 527 g/mol. The van der Waals surface area contributed by atoms with E-state index in [2.05, 4.69) is 24.5 Å². The summed E-state index contributed by atoms with van der Waals surface area (Å²) in [7, 11) is 0. The zero-order chi connectivity index (χ0) is 25.3. The van der Waals surface area contributed by atoms with Crippen LogP contribution in [0.2, 0.25) is 10.0 Å². The molecule has 178 valence electrons. The summed E-state index contributed by atoms with van der Waals surface area (Å²) in [5.41, 5.74) is 2.77. The number of halogens is 3. The van der Waals surface area contributed by atoms with Crippen LogP contribution in [0.3, 0.4) is 0 Å². The van der Waals surface area contributed by atoms with Gasteiger partial charge in [0.25, 0.3) is 17.7 Å². The normalized spacial score (nSPS) is 13.6. The second-order valence-corrected chi connectivity index (χ2v) is 9.38. The first-order chi connectivity index (χ1) is 16.7. The van der Waals surface area contributed by atoms with Gasteiger partial charge >= 0.3 is 0 Å². The van der Waals surface area contributed by atoms with Gasteiger partial charge in [0.15, 0.2) is 0 Å². The summed E-state index contributed by atoms with van der Waals surface area (Å²) in [5.74, 6) is -1.22. The minimum Gasteiger partial charge on any atom is -0.350 e. The van der Waals surface area contributed by atoms with Gasteiger partial charge in [-0.25, -0.2) is 4.90 Å². The quantitative estimate of drug-likeness (QED) is 0.345. The van der Waals surface area contributed by atoms with Crippen molar-refractivity contribution in [3.63, 3.8) is 0 Å². The molecule has 1 aliphatic heterocycles. The number of benzene rings is 3. The smallest absolute Gasteiger partial charge is 0.283 e. The summed E-state index contributed by atoms with van der Waals surface area (Å²) >= 11 is 18.2. The average molecular weight is 529 g/mol. The first kappa shape index (κ1) is 24.8. The molecule has 0 unspecified atom stereocenters. The van der Waals surface area contributed by atoms with Crippen molar-refractivity contribution < 1.29 is 14.4 Å². The summed E-state index contributed by atoms with van der Waals surface area (Å²) in [6.45, 7) is 4.12. The van der Waals surface area contributed by atoms with Gasteiger partial charge < -0.3 is 10.6 Å². The third-order valence-corrected chi connectivity index (χ3v) is 6.34. The molecule has 2 N–H and O–H groups in total. The zero-order valence-electron chi connectivity index (χ0n) is 18.7. The van der Waals surface area contributed by atoms with Crippen molar-refractivity contribution >= 4 is 69.6 Å². The highest BCUT2D eigenvalue weighted by Gasteiger charge is 2.39. The highest BCUT2D eigenvalue weighted by Crippen LogP contribution is 2.31. The van der Waals surface area contributed by atoms with Gasteiger partial charge in [-0.3, -0.25) is 14.4 Å². The van der Waals surface area contributed by atoms with Crippen LogP contribution >= 0.6 is 34.8 Å². The Morgan fingerprint density at radius 1 is 0.857 bits per heavy atom. The van der Waals surface area contributed by atoms with Crippen molar-refractivity contribution in [1.29, 1.82) is 0 Å². The van der Waals surface area contributed by atoms with Gasteiger partial charge in [0.1, 0.15) is 10.7 Å². The Morgan fingerprint density at radius 2 is 1.51 bits per heavy atom. The highest BCUT2D eigenvalue weighted by atomic mass is 35.5. The number of carbonyl (C=O) groups excluding carboxylic acids is 3. The molecular formula is C26H20Cl3N3O3. The van der Waals surface area contributed by atoms with E-state index >= 15 is 0 Å². The van der Waals surface area contributed by atoms with Crippen LogP contribution in [-0.4, -0.2) is 17.7 Å². The summed E-state index contributed by atoms with van der Waals surface area (Å²) in [4.78, 5) is 39.3. The Morgan fingerprint density at radius 3 is 2.11 bits per heavy atom. The summed E-state index contributed by atoms with van der Waals surface area (Å²) < 4.78 is 0.